The van der Waals surface area contributed by atoms with Crippen LogP contribution in [0.3, 0.4) is 0 Å². The van der Waals surface area contributed by atoms with Gasteiger partial charge in [0.2, 0.25) is 0 Å². The third kappa shape index (κ3) is 4.31. The van der Waals surface area contributed by atoms with E-state index in [1.807, 2.05) is 25.2 Å². The van der Waals surface area contributed by atoms with Crippen LogP contribution in [0.4, 0.5) is 0 Å². The summed E-state index contributed by atoms with van der Waals surface area (Å²) in [5.41, 5.74) is 1.26. The van der Waals surface area contributed by atoms with Gasteiger partial charge in [0, 0.05) is 6.04 Å². The average molecular weight is 199 g/mol. The molecule has 2 N–H and O–H groups in total. The van der Waals surface area contributed by atoms with E-state index in [9.17, 15) is 0 Å². The molecule has 1 atom stereocenters. The van der Waals surface area contributed by atoms with Crippen LogP contribution in [0.15, 0.2) is 30.3 Å². The summed E-state index contributed by atoms with van der Waals surface area (Å²) in [6.45, 7) is 0.186. The topological polar surface area (TPSA) is 32.3 Å². The van der Waals surface area contributed by atoms with Crippen LogP contribution >= 0.6 is 13.5 Å². The first-order valence-corrected chi connectivity index (χ1v) is 4.19. The first-order chi connectivity index (χ1) is 5.86. The van der Waals surface area contributed by atoms with Crippen LogP contribution < -0.4 is 5.32 Å². The summed E-state index contributed by atoms with van der Waals surface area (Å²) in [7, 11) is 1.86. The van der Waals surface area contributed by atoms with Crippen molar-refractivity contribution in [1.82, 2.24) is 5.32 Å². The molecular weight excluding hydrogens is 182 g/mol. The molecule has 2 nitrogen and oxygen atoms in total. The van der Waals surface area contributed by atoms with Crippen LogP contribution in [-0.2, 0) is 6.42 Å². The Bertz CT molecular complexity index is 211. The van der Waals surface area contributed by atoms with Crippen LogP contribution in [0.25, 0.3) is 0 Å². The summed E-state index contributed by atoms with van der Waals surface area (Å²) in [5.74, 6) is 0. The van der Waals surface area contributed by atoms with Gasteiger partial charge in [-0.1, -0.05) is 30.3 Å². The van der Waals surface area contributed by atoms with Gasteiger partial charge in [-0.3, -0.25) is 0 Å². The minimum absolute atomic E-state index is 0. The van der Waals surface area contributed by atoms with E-state index in [1.54, 1.807) is 0 Å². The largest absolute Gasteiger partial charge is 0.395 e. The van der Waals surface area contributed by atoms with Gasteiger partial charge in [-0.2, -0.15) is 13.5 Å². The van der Waals surface area contributed by atoms with E-state index in [1.165, 1.54) is 5.56 Å². The number of aliphatic hydroxyl groups excluding tert-OH is 1. The number of likely N-dealkylation sites (N-methyl/N-ethyl adjacent to an activating group) is 1. The summed E-state index contributed by atoms with van der Waals surface area (Å²) >= 11 is 0. The predicted molar refractivity (Wildman–Crippen MR) is 60.5 cm³/mol. The Labute approximate surface area is 86.4 Å². The number of nitrogens with one attached hydrogen (secondary N) is 1. The first kappa shape index (κ1) is 12.5. The monoisotopic (exact) mass is 199 g/mol. The zero-order valence-corrected chi connectivity index (χ0v) is 8.83. The summed E-state index contributed by atoms with van der Waals surface area (Å²) in [4.78, 5) is 0. The highest BCUT2D eigenvalue weighted by molar-refractivity contribution is 7.59. The third-order valence-electron chi connectivity index (χ3n) is 1.95. The molecule has 1 aromatic carbocycles. The number of aliphatic hydroxyl groups is 1. The zero-order valence-electron chi connectivity index (χ0n) is 7.83. The van der Waals surface area contributed by atoms with E-state index in [2.05, 4.69) is 17.4 Å². The third-order valence-corrected chi connectivity index (χ3v) is 1.95. The van der Waals surface area contributed by atoms with Gasteiger partial charge in [-0.05, 0) is 19.0 Å². The van der Waals surface area contributed by atoms with Crippen LogP contribution in [-0.4, -0.2) is 24.8 Å². The molecule has 1 aromatic rings. The molecule has 0 saturated carbocycles. The maximum Gasteiger partial charge on any atom is 0.0587 e. The van der Waals surface area contributed by atoms with Gasteiger partial charge in [-0.15, -0.1) is 0 Å². The maximum absolute atomic E-state index is 8.92. The normalized spacial score (nSPS) is 11.8. The molecule has 0 saturated heterocycles. The van der Waals surface area contributed by atoms with Crippen molar-refractivity contribution in [3.63, 3.8) is 0 Å². The minimum atomic E-state index is 0. The van der Waals surface area contributed by atoms with Crippen molar-refractivity contribution in [2.24, 2.45) is 0 Å². The molecule has 74 valence electrons. The quantitative estimate of drug-likeness (QED) is 0.756. The highest BCUT2D eigenvalue weighted by atomic mass is 32.1. The van der Waals surface area contributed by atoms with Crippen LogP contribution in [0, 0.1) is 0 Å². The second-order valence-corrected chi connectivity index (χ2v) is 2.86. The van der Waals surface area contributed by atoms with Crippen molar-refractivity contribution in [3.8, 4) is 0 Å². The highest BCUT2D eigenvalue weighted by Gasteiger charge is 2.03. The zero-order chi connectivity index (χ0) is 8.81. The van der Waals surface area contributed by atoms with Crippen LogP contribution in [0.1, 0.15) is 5.56 Å². The second kappa shape index (κ2) is 6.95. The molecule has 0 radical (unpaired) electrons. The molecule has 1 rings (SSSR count). The highest BCUT2D eigenvalue weighted by Crippen LogP contribution is 2.01. The molecular formula is C10H17NOS. The van der Waals surface area contributed by atoms with E-state index in [0.717, 1.165) is 6.42 Å². The SMILES string of the molecule is CN[C@H](CO)Cc1ccccc1.S. The molecule has 3 heteroatoms. The molecule has 0 fully saturated rings. The molecule has 0 spiro atoms. The molecule has 0 heterocycles. The van der Waals surface area contributed by atoms with Crippen molar-refractivity contribution < 1.29 is 5.11 Å². The van der Waals surface area contributed by atoms with Crippen molar-refractivity contribution in [2.75, 3.05) is 13.7 Å². The van der Waals surface area contributed by atoms with Crippen molar-refractivity contribution in [2.45, 2.75) is 12.5 Å². The first-order valence-electron chi connectivity index (χ1n) is 4.19. The van der Waals surface area contributed by atoms with Gasteiger partial charge in [0.25, 0.3) is 0 Å². The van der Waals surface area contributed by atoms with E-state index in [-0.39, 0.29) is 26.1 Å². The Hall–Kier alpha value is -0.510. The summed E-state index contributed by atoms with van der Waals surface area (Å²) in [6.07, 6.45) is 0.883. The van der Waals surface area contributed by atoms with Gasteiger partial charge in [0.05, 0.1) is 6.61 Å². The Morgan fingerprint density at radius 2 is 1.92 bits per heavy atom. The molecule has 0 bridgehead atoms. The van der Waals surface area contributed by atoms with Gasteiger partial charge >= 0.3 is 0 Å². The molecule has 0 amide bonds. The van der Waals surface area contributed by atoms with Crippen molar-refractivity contribution in [3.05, 3.63) is 35.9 Å². The van der Waals surface area contributed by atoms with Gasteiger partial charge < -0.3 is 10.4 Å². The maximum atomic E-state index is 8.92. The lowest BCUT2D eigenvalue weighted by atomic mass is 10.1. The Balaban J connectivity index is 0.00000144. The van der Waals surface area contributed by atoms with Crippen LogP contribution in [0.2, 0.25) is 0 Å². The van der Waals surface area contributed by atoms with Gasteiger partial charge in [0.15, 0.2) is 0 Å². The summed E-state index contributed by atoms with van der Waals surface area (Å²) in [6, 6.07) is 10.3. The van der Waals surface area contributed by atoms with E-state index < -0.39 is 0 Å². The molecule has 0 unspecified atom stereocenters. The number of rotatable bonds is 4. The average Bonchev–Trinajstić information content (AvgIpc) is 2.16. The van der Waals surface area contributed by atoms with Crippen molar-refractivity contribution in [1.29, 1.82) is 0 Å². The van der Waals surface area contributed by atoms with Crippen molar-refractivity contribution >= 4 is 13.5 Å². The number of benzene rings is 1. The minimum Gasteiger partial charge on any atom is -0.395 e. The van der Waals surface area contributed by atoms with Crippen LogP contribution in [0.5, 0.6) is 0 Å². The fourth-order valence-corrected chi connectivity index (χ4v) is 1.16. The predicted octanol–water partition coefficient (Wildman–Crippen LogP) is 0.922. The fourth-order valence-electron chi connectivity index (χ4n) is 1.16. The summed E-state index contributed by atoms with van der Waals surface area (Å²) < 4.78 is 0. The lowest BCUT2D eigenvalue weighted by molar-refractivity contribution is 0.248. The van der Waals surface area contributed by atoms with Gasteiger partial charge in [-0.25, -0.2) is 0 Å². The molecule has 0 aliphatic carbocycles. The lowest BCUT2D eigenvalue weighted by Gasteiger charge is -2.12. The smallest absolute Gasteiger partial charge is 0.0587 e. The second-order valence-electron chi connectivity index (χ2n) is 2.86. The summed E-state index contributed by atoms with van der Waals surface area (Å²) in [5, 5.41) is 12.0. The van der Waals surface area contributed by atoms with Gasteiger partial charge in [0.1, 0.15) is 0 Å². The molecule has 0 aliphatic rings. The Kier molecular flexibility index (Phi) is 6.68. The number of hydrogen-bond acceptors (Lipinski definition) is 2. The number of hydrogen-bond donors (Lipinski definition) is 2. The van der Waals surface area contributed by atoms with E-state index >= 15 is 0 Å². The van der Waals surface area contributed by atoms with E-state index in [4.69, 9.17) is 5.11 Å². The molecule has 13 heavy (non-hydrogen) atoms. The standard InChI is InChI=1S/C10H15NO.H2S/c1-11-10(8-12)7-9-5-3-2-4-6-9;/h2-6,10-12H,7-8H2,1H3;1H2/t10-;/m0./s1. The Morgan fingerprint density at radius 1 is 1.31 bits per heavy atom. The lowest BCUT2D eigenvalue weighted by Crippen LogP contribution is -2.31. The molecule has 0 aromatic heterocycles. The molecule has 0 aliphatic heterocycles. The Morgan fingerprint density at radius 3 is 2.38 bits per heavy atom. The fraction of sp³-hybridized carbons (Fsp3) is 0.400. The van der Waals surface area contributed by atoms with E-state index in [0.29, 0.717) is 0 Å².